The normalized spacial score (nSPS) is 17.8. The summed E-state index contributed by atoms with van der Waals surface area (Å²) in [5, 5.41) is 6.58. The van der Waals surface area contributed by atoms with Crippen LogP contribution in [0.2, 0.25) is 5.02 Å². The summed E-state index contributed by atoms with van der Waals surface area (Å²) < 4.78 is 0. The number of rotatable bonds is 5. The van der Waals surface area contributed by atoms with Crippen molar-refractivity contribution in [1.82, 2.24) is 15.1 Å². The van der Waals surface area contributed by atoms with Gasteiger partial charge in [0.1, 0.15) is 0 Å². The minimum atomic E-state index is -0.232. The van der Waals surface area contributed by atoms with Gasteiger partial charge >= 0.3 is 0 Å². The fourth-order valence-corrected chi connectivity index (χ4v) is 3.27. The SMILES string of the molecule is C[C@H](C(=O)Nc1ccc(Cl)cc1)N1CCCN(CC(=O)NC(C)(C)C)CC1. The number of carbonyl (C=O) groups excluding carboxylic acids is 2. The van der Waals surface area contributed by atoms with Gasteiger partial charge in [0, 0.05) is 35.9 Å². The summed E-state index contributed by atoms with van der Waals surface area (Å²) in [7, 11) is 0. The second-order valence-corrected chi connectivity index (χ2v) is 8.57. The molecule has 0 unspecified atom stereocenters. The number of hydrogen-bond donors (Lipinski definition) is 2. The second kappa shape index (κ2) is 9.53. The van der Waals surface area contributed by atoms with Crippen LogP contribution >= 0.6 is 11.6 Å². The van der Waals surface area contributed by atoms with Crippen LogP contribution in [-0.4, -0.2) is 65.9 Å². The Morgan fingerprint density at radius 1 is 1.11 bits per heavy atom. The smallest absolute Gasteiger partial charge is 0.241 e. The van der Waals surface area contributed by atoms with E-state index in [2.05, 4.69) is 20.4 Å². The Bertz CT molecular complexity index is 642. The molecular formula is C20H31ClN4O2. The van der Waals surface area contributed by atoms with E-state index < -0.39 is 0 Å². The van der Waals surface area contributed by atoms with E-state index in [9.17, 15) is 9.59 Å². The highest BCUT2D eigenvalue weighted by Gasteiger charge is 2.25. The zero-order chi connectivity index (χ0) is 20.0. The molecule has 0 radical (unpaired) electrons. The topological polar surface area (TPSA) is 64.7 Å². The van der Waals surface area contributed by atoms with Gasteiger partial charge < -0.3 is 10.6 Å². The molecule has 1 aliphatic heterocycles. The van der Waals surface area contributed by atoms with Gasteiger partial charge in [0.25, 0.3) is 0 Å². The van der Waals surface area contributed by atoms with Crippen molar-refractivity contribution in [2.24, 2.45) is 0 Å². The highest BCUT2D eigenvalue weighted by atomic mass is 35.5. The number of halogens is 1. The minimum Gasteiger partial charge on any atom is -0.350 e. The fourth-order valence-electron chi connectivity index (χ4n) is 3.14. The second-order valence-electron chi connectivity index (χ2n) is 8.14. The molecule has 1 aromatic carbocycles. The van der Waals surface area contributed by atoms with Gasteiger partial charge in [-0.1, -0.05) is 11.6 Å². The molecule has 2 rings (SSSR count). The monoisotopic (exact) mass is 394 g/mol. The van der Waals surface area contributed by atoms with Crippen molar-refractivity contribution in [1.29, 1.82) is 0 Å². The molecule has 0 bridgehead atoms. The maximum atomic E-state index is 12.6. The highest BCUT2D eigenvalue weighted by Crippen LogP contribution is 2.15. The van der Waals surface area contributed by atoms with E-state index in [4.69, 9.17) is 11.6 Å². The molecule has 1 heterocycles. The number of nitrogens with zero attached hydrogens (tertiary/aromatic N) is 2. The fraction of sp³-hybridized carbons (Fsp3) is 0.600. The Morgan fingerprint density at radius 3 is 2.41 bits per heavy atom. The van der Waals surface area contributed by atoms with Crippen LogP contribution in [0.25, 0.3) is 0 Å². The molecule has 1 atom stereocenters. The first-order valence-corrected chi connectivity index (χ1v) is 9.86. The summed E-state index contributed by atoms with van der Waals surface area (Å²) in [5.41, 5.74) is 0.523. The predicted molar refractivity (Wildman–Crippen MR) is 110 cm³/mol. The summed E-state index contributed by atoms with van der Waals surface area (Å²) in [4.78, 5) is 29.0. The van der Waals surface area contributed by atoms with Gasteiger partial charge in [-0.15, -0.1) is 0 Å². The van der Waals surface area contributed by atoms with Crippen LogP contribution in [0.15, 0.2) is 24.3 Å². The van der Waals surface area contributed by atoms with Crippen LogP contribution < -0.4 is 10.6 Å². The molecule has 7 heteroatoms. The zero-order valence-corrected chi connectivity index (χ0v) is 17.5. The number of anilines is 1. The molecule has 0 spiro atoms. The molecule has 0 saturated carbocycles. The van der Waals surface area contributed by atoms with Crippen molar-refractivity contribution >= 4 is 29.1 Å². The lowest BCUT2D eigenvalue weighted by Gasteiger charge is -2.27. The van der Waals surface area contributed by atoms with Crippen LogP contribution in [0.3, 0.4) is 0 Å². The standard InChI is InChI=1S/C20H31ClN4O2/c1-15(19(27)22-17-8-6-16(21)7-9-17)25-11-5-10-24(12-13-25)14-18(26)23-20(2,3)4/h6-9,15H,5,10-14H2,1-4H3,(H,22,27)(H,23,26)/t15-/m1/s1. The van der Waals surface area contributed by atoms with Gasteiger partial charge in [0.05, 0.1) is 12.6 Å². The lowest BCUT2D eigenvalue weighted by molar-refractivity contribution is -0.124. The Kier molecular flexibility index (Phi) is 7.65. The van der Waals surface area contributed by atoms with Crippen molar-refractivity contribution in [2.45, 2.75) is 45.7 Å². The Morgan fingerprint density at radius 2 is 1.78 bits per heavy atom. The summed E-state index contributed by atoms with van der Waals surface area (Å²) in [6.45, 7) is 11.5. The lowest BCUT2D eigenvalue weighted by Crippen LogP contribution is -2.47. The quantitative estimate of drug-likeness (QED) is 0.805. The third-order valence-electron chi connectivity index (χ3n) is 4.54. The van der Waals surface area contributed by atoms with Gasteiger partial charge in [-0.2, -0.15) is 0 Å². The van der Waals surface area contributed by atoms with Crippen LogP contribution in [-0.2, 0) is 9.59 Å². The van der Waals surface area contributed by atoms with E-state index in [0.717, 1.165) is 38.3 Å². The molecule has 1 fully saturated rings. The van der Waals surface area contributed by atoms with E-state index in [-0.39, 0.29) is 23.4 Å². The predicted octanol–water partition coefficient (Wildman–Crippen LogP) is 2.59. The van der Waals surface area contributed by atoms with Crippen LogP contribution in [0, 0.1) is 0 Å². The van der Waals surface area contributed by atoms with E-state index in [1.165, 1.54) is 0 Å². The van der Waals surface area contributed by atoms with Crippen LogP contribution in [0.5, 0.6) is 0 Å². The summed E-state index contributed by atoms with van der Waals surface area (Å²) in [5.74, 6) is 0.0146. The van der Waals surface area contributed by atoms with Gasteiger partial charge in [-0.3, -0.25) is 19.4 Å². The molecule has 1 aromatic rings. The molecule has 2 amide bonds. The van der Waals surface area contributed by atoms with Crippen molar-refractivity contribution in [2.75, 3.05) is 38.0 Å². The number of hydrogen-bond acceptors (Lipinski definition) is 4. The molecule has 1 saturated heterocycles. The minimum absolute atomic E-state index is 0.0313. The highest BCUT2D eigenvalue weighted by molar-refractivity contribution is 6.30. The van der Waals surface area contributed by atoms with Crippen molar-refractivity contribution < 1.29 is 9.59 Å². The molecular weight excluding hydrogens is 364 g/mol. The van der Waals surface area contributed by atoms with Crippen LogP contribution in [0.1, 0.15) is 34.1 Å². The maximum Gasteiger partial charge on any atom is 0.241 e. The molecule has 0 aromatic heterocycles. The number of benzene rings is 1. The van der Waals surface area contributed by atoms with Crippen molar-refractivity contribution in [3.63, 3.8) is 0 Å². The number of nitrogens with one attached hydrogen (secondary N) is 2. The number of carbonyl (C=O) groups is 2. The van der Waals surface area contributed by atoms with Gasteiger partial charge in [-0.25, -0.2) is 0 Å². The summed E-state index contributed by atoms with van der Waals surface area (Å²) in [6.07, 6.45) is 0.932. The molecule has 27 heavy (non-hydrogen) atoms. The largest absolute Gasteiger partial charge is 0.350 e. The lowest BCUT2D eigenvalue weighted by atomic mass is 10.1. The van der Waals surface area contributed by atoms with Gasteiger partial charge in [-0.05, 0) is 64.9 Å². The first kappa shape index (κ1) is 21.7. The average molecular weight is 395 g/mol. The summed E-state index contributed by atoms with van der Waals surface area (Å²) in [6, 6.07) is 6.88. The van der Waals surface area contributed by atoms with E-state index in [0.29, 0.717) is 11.6 Å². The van der Waals surface area contributed by atoms with Gasteiger partial charge in [0.2, 0.25) is 11.8 Å². The van der Waals surface area contributed by atoms with Crippen molar-refractivity contribution in [3.8, 4) is 0 Å². The van der Waals surface area contributed by atoms with E-state index >= 15 is 0 Å². The van der Waals surface area contributed by atoms with E-state index in [1.807, 2.05) is 27.7 Å². The Hall–Kier alpha value is -1.63. The first-order chi connectivity index (χ1) is 12.6. The zero-order valence-electron chi connectivity index (χ0n) is 16.7. The average Bonchev–Trinajstić information content (AvgIpc) is 2.80. The molecule has 1 aliphatic rings. The van der Waals surface area contributed by atoms with Crippen LogP contribution in [0.4, 0.5) is 5.69 Å². The molecule has 2 N–H and O–H groups in total. The molecule has 0 aliphatic carbocycles. The third kappa shape index (κ3) is 7.48. The first-order valence-electron chi connectivity index (χ1n) is 9.48. The molecule has 6 nitrogen and oxygen atoms in total. The molecule has 150 valence electrons. The van der Waals surface area contributed by atoms with Crippen molar-refractivity contribution in [3.05, 3.63) is 29.3 Å². The van der Waals surface area contributed by atoms with E-state index in [1.54, 1.807) is 24.3 Å². The summed E-state index contributed by atoms with van der Waals surface area (Å²) >= 11 is 5.88. The number of amides is 2. The Balaban J connectivity index is 1.84. The Labute approximate surface area is 167 Å². The van der Waals surface area contributed by atoms with Gasteiger partial charge in [0.15, 0.2) is 0 Å². The third-order valence-corrected chi connectivity index (χ3v) is 4.80. The maximum absolute atomic E-state index is 12.6.